The third-order valence-electron chi connectivity index (χ3n) is 3.97. The number of halogens is 1. The Morgan fingerprint density at radius 2 is 2.25 bits per heavy atom. The van der Waals surface area contributed by atoms with Crippen molar-refractivity contribution in [1.29, 1.82) is 5.26 Å². The minimum atomic E-state index is -0.279. The van der Waals surface area contributed by atoms with E-state index < -0.39 is 0 Å². The molecule has 1 aromatic carbocycles. The molecule has 0 spiro atoms. The third-order valence-corrected chi connectivity index (χ3v) is 3.97. The topological polar surface area (TPSA) is 62.7 Å². The molecule has 5 heteroatoms. The Kier molecular flexibility index (Phi) is 2.82. The van der Waals surface area contributed by atoms with Crippen molar-refractivity contribution in [3.05, 3.63) is 47.4 Å². The molecular formula is C15H14FN3O. The molecule has 2 atom stereocenters. The van der Waals surface area contributed by atoms with Crippen LogP contribution in [0.5, 0.6) is 0 Å². The summed E-state index contributed by atoms with van der Waals surface area (Å²) in [6.07, 6.45) is 0.422. The lowest BCUT2D eigenvalue weighted by Gasteiger charge is -1.96. The van der Waals surface area contributed by atoms with Crippen LogP contribution < -0.4 is 0 Å². The fourth-order valence-electron chi connectivity index (χ4n) is 2.63. The molecule has 0 bridgehead atoms. The molecule has 3 rings (SSSR count). The lowest BCUT2D eigenvalue weighted by atomic mass is 10.1. The fraction of sp³-hybridized carbons (Fsp3) is 0.400. The van der Waals surface area contributed by atoms with E-state index in [1.165, 1.54) is 12.1 Å². The van der Waals surface area contributed by atoms with E-state index in [4.69, 9.17) is 9.78 Å². The number of hydrogen-bond acceptors (Lipinski definition) is 4. The Morgan fingerprint density at radius 1 is 1.45 bits per heavy atom. The van der Waals surface area contributed by atoms with Crippen LogP contribution in [0, 0.1) is 28.5 Å². The Morgan fingerprint density at radius 3 is 2.90 bits per heavy atom. The summed E-state index contributed by atoms with van der Waals surface area (Å²) in [4.78, 5) is 4.34. The van der Waals surface area contributed by atoms with Crippen LogP contribution >= 0.6 is 0 Å². The van der Waals surface area contributed by atoms with Crippen molar-refractivity contribution in [3.8, 4) is 6.07 Å². The van der Waals surface area contributed by atoms with Crippen LogP contribution in [-0.4, -0.2) is 10.1 Å². The van der Waals surface area contributed by atoms with E-state index in [1.54, 1.807) is 6.07 Å². The van der Waals surface area contributed by atoms with Gasteiger partial charge in [0.2, 0.25) is 5.89 Å². The second-order valence-electron chi connectivity index (χ2n) is 5.76. The van der Waals surface area contributed by atoms with E-state index in [0.29, 0.717) is 18.1 Å². The lowest BCUT2D eigenvalue weighted by molar-refractivity contribution is 0.363. The smallest absolute Gasteiger partial charge is 0.231 e. The molecule has 1 aliphatic rings. The maximum atomic E-state index is 13.1. The number of rotatable bonds is 3. The lowest BCUT2D eigenvalue weighted by Crippen LogP contribution is -1.93. The van der Waals surface area contributed by atoms with Gasteiger partial charge in [-0.1, -0.05) is 31.1 Å². The first kappa shape index (κ1) is 12.8. The van der Waals surface area contributed by atoms with Crippen LogP contribution in [0.3, 0.4) is 0 Å². The Labute approximate surface area is 116 Å². The van der Waals surface area contributed by atoms with Crippen LogP contribution in [0.25, 0.3) is 0 Å². The van der Waals surface area contributed by atoms with Gasteiger partial charge < -0.3 is 4.52 Å². The highest BCUT2D eigenvalue weighted by Gasteiger charge is 2.62. The quantitative estimate of drug-likeness (QED) is 0.860. The molecule has 4 nitrogen and oxygen atoms in total. The predicted octanol–water partition coefficient (Wildman–Crippen LogP) is 3.06. The average Bonchev–Trinajstić information content (AvgIpc) is 2.72. The van der Waals surface area contributed by atoms with Crippen LogP contribution in [0.4, 0.5) is 4.39 Å². The minimum Gasteiger partial charge on any atom is -0.339 e. The van der Waals surface area contributed by atoms with Crippen LogP contribution in [0.1, 0.15) is 37.0 Å². The van der Waals surface area contributed by atoms with Gasteiger partial charge in [-0.2, -0.15) is 10.2 Å². The summed E-state index contributed by atoms with van der Waals surface area (Å²) in [5, 5.41) is 13.0. The summed E-state index contributed by atoms with van der Waals surface area (Å²) >= 11 is 0. The summed E-state index contributed by atoms with van der Waals surface area (Å²) in [6.45, 7) is 4.03. The molecule has 1 fully saturated rings. The Bertz CT molecular complexity index is 686. The molecule has 2 aromatic rings. The van der Waals surface area contributed by atoms with Gasteiger partial charge in [0.1, 0.15) is 5.82 Å². The van der Waals surface area contributed by atoms with E-state index in [1.807, 2.05) is 19.9 Å². The normalized spacial score (nSPS) is 23.3. The molecule has 0 aliphatic heterocycles. The third kappa shape index (κ3) is 2.07. The highest BCUT2D eigenvalue weighted by molar-refractivity contribution is 5.27. The zero-order valence-corrected chi connectivity index (χ0v) is 11.3. The van der Waals surface area contributed by atoms with E-state index in [0.717, 1.165) is 5.56 Å². The van der Waals surface area contributed by atoms with Gasteiger partial charge in [-0.3, -0.25) is 0 Å². The van der Waals surface area contributed by atoms with E-state index in [9.17, 15) is 4.39 Å². The average molecular weight is 271 g/mol. The number of hydrogen-bond donors (Lipinski definition) is 0. The molecule has 0 amide bonds. The minimum absolute atomic E-state index is 0.00117. The first-order chi connectivity index (χ1) is 9.52. The van der Waals surface area contributed by atoms with Crippen molar-refractivity contribution in [2.45, 2.75) is 26.2 Å². The maximum Gasteiger partial charge on any atom is 0.231 e. The van der Waals surface area contributed by atoms with E-state index in [2.05, 4.69) is 16.2 Å². The molecule has 1 saturated carbocycles. The second-order valence-corrected chi connectivity index (χ2v) is 5.76. The van der Waals surface area contributed by atoms with E-state index in [-0.39, 0.29) is 23.1 Å². The number of benzene rings is 1. The van der Waals surface area contributed by atoms with Gasteiger partial charge in [-0.15, -0.1) is 0 Å². The summed E-state index contributed by atoms with van der Waals surface area (Å²) in [6, 6.07) is 8.59. The molecule has 1 aromatic heterocycles. The zero-order valence-electron chi connectivity index (χ0n) is 11.3. The Hall–Kier alpha value is -2.22. The van der Waals surface area contributed by atoms with Crippen LogP contribution in [0.2, 0.25) is 0 Å². The maximum absolute atomic E-state index is 13.1. The van der Waals surface area contributed by atoms with Crippen molar-refractivity contribution in [2.24, 2.45) is 11.3 Å². The molecule has 0 radical (unpaired) electrons. The highest BCUT2D eigenvalue weighted by Crippen LogP contribution is 2.63. The van der Waals surface area contributed by atoms with Crippen molar-refractivity contribution in [2.75, 3.05) is 0 Å². The zero-order chi connectivity index (χ0) is 14.3. The van der Waals surface area contributed by atoms with E-state index >= 15 is 0 Å². The molecule has 2 unspecified atom stereocenters. The number of nitrogens with zero attached hydrogens (tertiary/aromatic N) is 3. The number of aromatic nitrogens is 2. The van der Waals surface area contributed by atoms with Crippen LogP contribution in [0.15, 0.2) is 28.8 Å². The summed E-state index contributed by atoms with van der Waals surface area (Å²) in [7, 11) is 0. The fourth-order valence-corrected chi connectivity index (χ4v) is 2.63. The van der Waals surface area contributed by atoms with Gasteiger partial charge in [0.05, 0.1) is 17.9 Å². The molecule has 1 aliphatic carbocycles. The van der Waals surface area contributed by atoms with Gasteiger partial charge in [0, 0.05) is 6.42 Å². The highest BCUT2D eigenvalue weighted by atomic mass is 19.1. The monoisotopic (exact) mass is 271 g/mol. The first-order valence-electron chi connectivity index (χ1n) is 6.49. The second kappa shape index (κ2) is 4.41. The van der Waals surface area contributed by atoms with Gasteiger partial charge >= 0.3 is 0 Å². The largest absolute Gasteiger partial charge is 0.339 e. The molecule has 0 N–H and O–H groups in total. The molecule has 20 heavy (non-hydrogen) atoms. The molecule has 1 heterocycles. The van der Waals surface area contributed by atoms with Gasteiger partial charge in [0.25, 0.3) is 0 Å². The first-order valence-corrected chi connectivity index (χ1v) is 6.49. The summed E-state index contributed by atoms with van der Waals surface area (Å²) in [5.41, 5.74) is 0.682. The molecule has 0 saturated heterocycles. The van der Waals surface area contributed by atoms with Gasteiger partial charge in [-0.05, 0) is 23.1 Å². The van der Waals surface area contributed by atoms with Crippen molar-refractivity contribution in [1.82, 2.24) is 10.1 Å². The SMILES string of the molecule is CC1(C)C(C#N)C1c1nc(Cc2cccc(F)c2)no1. The van der Waals surface area contributed by atoms with Crippen molar-refractivity contribution in [3.63, 3.8) is 0 Å². The van der Waals surface area contributed by atoms with Crippen molar-refractivity contribution >= 4 is 0 Å². The van der Waals surface area contributed by atoms with Gasteiger partial charge in [0.15, 0.2) is 5.82 Å². The molecular weight excluding hydrogens is 257 g/mol. The van der Waals surface area contributed by atoms with Crippen LogP contribution in [-0.2, 0) is 6.42 Å². The Balaban J connectivity index is 1.77. The van der Waals surface area contributed by atoms with Crippen molar-refractivity contribution < 1.29 is 8.91 Å². The summed E-state index contributed by atoms with van der Waals surface area (Å²) < 4.78 is 18.4. The standard InChI is InChI=1S/C15H14FN3O/c1-15(2)11(8-17)13(15)14-18-12(19-20-14)7-9-4-3-5-10(16)6-9/h3-6,11,13H,7H2,1-2H3. The predicted molar refractivity (Wildman–Crippen MR) is 69.1 cm³/mol. The number of nitriles is 1. The molecule has 102 valence electrons. The summed E-state index contributed by atoms with van der Waals surface area (Å²) in [5.74, 6) is 0.670. The van der Waals surface area contributed by atoms with Gasteiger partial charge in [-0.25, -0.2) is 4.39 Å².